The van der Waals surface area contributed by atoms with Crippen LogP contribution in [0.3, 0.4) is 0 Å². The van der Waals surface area contributed by atoms with Gasteiger partial charge in [0.15, 0.2) is 0 Å². The molecule has 0 rings (SSSR count). The molecule has 0 spiro atoms. The van der Waals surface area contributed by atoms with E-state index in [9.17, 15) is 4.79 Å². The van der Waals surface area contributed by atoms with Gasteiger partial charge in [-0.05, 0) is 12.5 Å². The number of hydrogen-bond acceptors (Lipinski definition) is 2. The molecule has 78 valence electrons. The Kier molecular flexibility index (Phi) is 10.7. The van der Waals surface area contributed by atoms with Crippen molar-refractivity contribution in [2.45, 2.75) is 12.8 Å². The van der Waals surface area contributed by atoms with Crippen LogP contribution < -0.4 is 5.73 Å². The Morgan fingerprint density at radius 3 is 2.71 bits per heavy atom. The van der Waals surface area contributed by atoms with Gasteiger partial charge in [-0.1, -0.05) is 6.08 Å². The van der Waals surface area contributed by atoms with Crippen LogP contribution in [0.4, 0.5) is 0 Å². The average molecular weight is 260 g/mol. The Morgan fingerprint density at radius 1 is 1.57 bits per heavy atom. The molecule has 0 fully saturated rings. The van der Waals surface area contributed by atoms with E-state index < -0.39 is 5.91 Å². The van der Waals surface area contributed by atoms with Crippen LogP contribution in [0.15, 0.2) is 29.8 Å². The number of carbonyl (C=O) groups is 1. The molecule has 4 nitrogen and oxygen atoms in total. The van der Waals surface area contributed by atoms with E-state index in [4.69, 9.17) is 11.1 Å². The smallest absolute Gasteiger partial charge is 0.271 e. The summed E-state index contributed by atoms with van der Waals surface area (Å²) in [6.45, 7) is 3.52. The lowest BCUT2D eigenvalue weighted by atomic mass is 10.3. The van der Waals surface area contributed by atoms with Crippen molar-refractivity contribution in [2.24, 2.45) is 10.7 Å². The third kappa shape index (κ3) is 8.86. The van der Waals surface area contributed by atoms with Gasteiger partial charge in [0, 0.05) is 18.7 Å². The lowest BCUT2D eigenvalue weighted by Crippen LogP contribution is -2.12. The third-order valence-electron chi connectivity index (χ3n) is 1.19. The van der Waals surface area contributed by atoms with E-state index in [1.54, 1.807) is 6.08 Å². The first-order valence-corrected chi connectivity index (χ1v) is 3.85. The molecule has 0 saturated carbocycles. The number of carbonyl (C=O) groups excluding carboxylic acids is 1. The van der Waals surface area contributed by atoms with Crippen molar-refractivity contribution < 1.29 is 4.79 Å². The molecule has 0 heterocycles. The molecule has 0 aromatic rings. The van der Waals surface area contributed by atoms with Crippen LogP contribution in [0, 0.1) is 5.41 Å². The van der Waals surface area contributed by atoms with Gasteiger partial charge < -0.3 is 11.1 Å². The van der Waals surface area contributed by atoms with Crippen LogP contribution in [-0.2, 0) is 4.79 Å². The van der Waals surface area contributed by atoms with Crippen LogP contribution in [0.5, 0.6) is 0 Å². The summed E-state index contributed by atoms with van der Waals surface area (Å²) in [5.41, 5.74) is 5.42. The van der Waals surface area contributed by atoms with E-state index in [1.807, 2.05) is 0 Å². The molecule has 0 saturated heterocycles. The van der Waals surface area contributed by atoms with Gasteiger partial charge in [-0.2, -0.15) is 4.99 Å². The largest absolute Gasteiger partial charge is 0.387 e. The Balaban J connectivity index is 0. The number of nitrogens with one attached hydrogen (secondary N) is 1. The third-order valence-corrected chi connectivity index (χ3v) is 1.19. The fourth-order valence-electron chi connectivity index (χ4n) is 0.615. The zero-order valence-corrected chi connectivity index (χ0v) is 9.48. The highest BCUT2D eigenvalue weighted by molar-refractivity contribution is 8.93. The van der Waals surface area contributed by atoms with Crippen LogP contribution in [0.1, 0.15) is 12.8 Å². The minimum atomic E-state index is -0.440. The molecule has 0 bridgehead atoms. The van der Waals surface area contributed by atoms with Crippen molar-refractivity contribution in [3.63, 3.8) is 0 Å². The highest BCUT2D eigenvalue weighted by Gasteiger charge is 1.94. The first-order valence-electron chi connectivity index (χ1n) is 3.85. The van der Waals surface area contributed by atoms with Crippen LogP contribution in [-0.4, -0.2) is 18.0 Å². The van der Waals surface area contributed by atoms with Gasteiger partial charge in [0.1, 0.15) is 5.84 Å². The number of allylic oxidation sites excluding steroid dienone is 2. The zero-order valence-electron chi connectivity index (χ0n) is 7.77. The molecular formula is C9H14BrN3O. The minimum Gasteiger partial charge on any atom is -0.387 e. The predicted molar refractivity (Wildman–Crippen MR) is 64.3 cm³/mol. The number of amidine groups is 1. The number of amides is 1. The molecule has 0 unspecified atom stereocenters. The van der Waals surface area contributed by atoms with Gasteiger partial charge in [-0.25, -0.2) is 0 Å². The molecule has 0 aromatic heterocycles. The Hall–Kier alpha value is -1.23. The average Bonchev–Trinajstić information content (AvgIpc) is 2.11. The maximum absolute atomic E-state index is 10.9. The number of rotatable bonds is 5. The highest BCUT2D eigenvalue weighted by Crippen LogP contribution is 1.90. The van der Waals surface area contributed by atoms with Crippen LogP contribution >= 0.6 is 17.0 Å². The molecule has 0 atom stereocenters. The maximum atomic E-state index is 10.9. The zero-order chi connectivity index (χ0) is 10.1. The molecule has 0 aromatic carbocycles. The molecule has 14 heavy (non-hydrogen) atoms. The molecule has 0 aliphatic heterocycles. The molecule has 0 aliphatic carbocycles. The molecule has 1 amide bonds. The minimum absolute atomic E-state index is 0. The summed E-state index contributed by atoms with van der Waals surface area (Å²) in [5.74, 6) is -0.149. The van der Waals surface area contributed by atoms with Crippen molar-refractivity contribution >= 4 is 34.9 Å². The Labute approximate surface area is 93.9 Å². The quantitative estimate of drug-likeness (QED) is 0.341. The van der Waals surface area contributed by atoms with E-state index in [0.29, 0.717) is 18.7 Å². The second-order valence-electron chi connectivity index (χ2n) is 2.29. The number of nitrogens with zero attached hydrogens (tertiary/aromatic N) is 1. The first kappa shape index (κ1) is 15.3. The van der Waals surface area contributed by atoms with Gasteiger partial charge >= 0.3 is 0 Å². The van der Waals surface area contributed by atoms with E-state index in [0.717, 1.165) is 6.21 Å². The molecule has 5 heteroatoms. The monoisotopic (exact) mass is 259 g/mol. The van der Waals surface area contributed by atoms with Crippen molar-refractivity contribution in [1.29, 1.82) is 5.41 Å². The molecule has 3 N–H and O–H groups in total. The van der Waals surface area contributed by atoms with Crippen molar-refractivity contribution in [3.05, 3.63) is 24.8 Å². The number of nitrogens with two attached hydrogens (primary N) is 1. The van der Waals surface area contributed by atoms with E-state index >= 15 is 0 Å². The second kappa shape index (κ2) is 9.85. The van der Waals surface area contributed by atoms with Crippen LogP contribution in [0.25, 0.3) is 0 Å². The summed E-state index contributed by atoms with van der Waals surface area (Å²) >= 11 is 0. The number of halogens is 1. The highest BCUT2D eigenvalue weighted by atomic mass is 79.9. The Bertz CT molecular complexity index is 259. The summed E-state index contributed by atoms with van der Waals surface area (Å²) in [6, 6.07) is 0. The lowest BCUT2D eigenvalue weighted by molar-refractivity contribution is -0.113. The standard InChI is InChI=1S/C9H13N3O.BrH/c1-2-3-5-8(11)12-9(13)6-4-7-10;/h2,4,6-7,10H,1,3,5H2,(H2,11,12,13);1H/b6-4-,10-7?;. The topological polar surface area (TPSA) is 79.3 Å². The summed E-state index contributed by atoms with van der Waals surface area (Å²) in [6.07, 6.45) is 6.44. The fraction of sp³-hybridized carbons (Fsp3) is 0.222. The molecular weight excluding hydrogens is 246 g/mol. The number of hydrogen-bond donors (Lipinski definition) is 2. The second-order valence-corrected chi connectivity index (χ2v) is 2.29. The predicted octanol–water partition coefficient (Wildman–Crippen LogP) is 1.62. The summed E-state index contributed by atoms with van der Waals surface area (Å²) in [5, 5.41) is 6.63. The van der Waals surface area contributed by atoms with E-state index in [1.165, 1.54) is 12.2 Å². The number of aliphatic imine (C=N–C) groups is 1. The molecule has 0 radical (unpaired) electrons. The van der Waals surface area contributed by atoms with Crippen LogP contribution in [0.2, 0.25) is 0 Å². The normalized spacial score (nSPS) is 10.7. The van der Waals surface area contributed by atoms with Gasteiger partial charge in [0.2, 0.25) is 0 Å². The van der Waals surface area contributed by atoms with E-state index in [2.05, 4.69) is 11.6 Å². The van der Waals surface area contributed by atoms with Gasteiger partial charge in [0.25, 0.3) is 5.91 Å². The van der Waals surface area contributed by atoms with Crippen molar-refractivity contribution in [3.8, 4) is 0 Å². The van der Waals surface area contributed by atoms with Gasteiger partial charge in [0.05, 0.1) is 0 Å². The van der Waals surface area contributed by atoms with Gasteiger partial charge in [-0.3, -0.25) is 4.79 Å². The van der Waals surface area contributed by atoms with Gasteiger partial charge in [-0.15, -0.1) is 23.6 Å². The fourth-order valence-corrected chi connectivity index (χ4v) is 0.615. The maximum Gasteiger partial charge on any atom is 0.271 e. The summed E-state index contributed by atoms with van der Waals surface area (Å²) in [7, 11) is 0. The van der Waals surface area contributed by atoms with E-state index in [-0.39, 0.29) is 17.0 Å². The first-order chi connectivity index (χ1) is 6.20. The van der Waals surface area contributed by atoms with Crippen molar-refractivity contribution in [2.75, 3.05) is 0 Å². The Morgan fingerprint density at radius 2 is 2.21 bits per heavy atom. The summed E-state index contributed by atoms with van der Waals surface area (Å²) < 4.78 is 0. The lowest BCUT2D eigenvalue weighted by Gasteiger charge is -1.93. The summed E-state index contributed by atoms with van der Waals surface area (Å²) in [4.78, 5) is 14.5. The van der Waals surface area contributed by atoms with Crippen molar-refractivity contribution in [1.82, 2.24) is 0 Å². The molecule has 0 aliphatic rings. The SMILES string of the molecule is Br.C=CCCC(N)=NC(=O)/C=C\C=N.